The first-order valence-corrected chi connectivity index (χ1v) is 11.2. The molecule has 36 heavy (non-hydrogen) atoms. The van der Waals surface area contributed by atoms with E-state index in [-0.39, 0.29) is 29.8 Å². The van der Waals surface area contributed by atoms with Gasteiger partial charge in [0.25, 0.3) is 5.91 Å². The molecule has 12 heteroatoms. The fourth-order valence-corrected chi connectivity index (χ4v) is 3.64. The summed E-state index contributed by atoms with van der Waals surface area (Å²) in [5.41, 5.74) is -0.388. The van der Waals surface area contributed by atoms with E-state index in [1.54, 1.807) is 43.0 Å². The highest BCUT2D eigenvalue weighted by Gasteiger charge is 2.42. The molecule has 0 aliphatic carbocycles. The maximum atomic E-state index is 13.5. The quantitative estimate of drug-likeness (QED) is 0.485. The third kappa shape index (κ3) is 5.93. The number of carbonyl (C=O) groups is 2. The summed E-state index contributed by atoms with van der Waals surface area (Å²) in [4.78, 5) is 34.3. The first kappa shape index (κ1) is 25.0. The van der Waals surface area contributed by atoms with E-state index in [1.807, 2.05) is 0 Å². The maximum absolute atomic E-state index is 13.5. The number of nitrogens with one attached hydrogen (secondary N) is 2. The second-order valence-electron chi connectivity index (χ2n) is 8.46. The number of ether oxygens (including phenoxy) is 1. The number of hydrogen-bond acceptors (Lipinski definition) is 7. The van der Waals surface area contributed by atoms with Crippen molar-refractivity contribution in [3.63, 3.8) is 0 Å². The van der Waals surface area contributed by atoms with Crippen LogP contribution < -0.4 is 10.6 Å². The molecular weight excluding hydrogens is 479 g/mol. The van der Waals surface area contributed by atoms with Gasteiger partial charge < -0.3 is 24.7 Å². The van der Waals surface area contributed by atoms with Crippen molar-refractivity contribution in [2.45, 2.75) is 38.6 Å². The Kier molecular flexibility index (Phi) is 7.13. The largest absolute Gasteiger partial charge is 0.452 e. The number of pyridine rings is 1. The normalized spacial score (nSPS) is 15.7. The average Bonchev–Trinajstić information content (AvgIpc) is 3.48. The van der Waals surface area contributed by atoms with E-state index >= 15 is 0 Å². The molecule has 1 saturated heterocycles. The zero-order valence-corrected chi connectivity index (χ0v) is 19.5. The number of benzene rings is 1. The van der Waals surface area contributed by atoms with Gasteiger partial charge in [0.15, 0.2) is 5.69 Å². The van der Waals surface area contributed by atoms with Gasteiger partial charge in [0, 0.05) is 24.7 Å². The first-order chi connectivity index (χ1) is 17.1. The highest BCUT2D eigenvalue weighted by molar-refractivity contribution is 6.04. The van der Waals surface area contributed by atoms with Crippen LogP contribution in [0.2, 0.25) is 0 Å². The molecule has 0 saturated carbocycles. The summed E-state index contributed by atoms with van der Waals surface area (Å²) < 4.78 is 50.6. The maximum Gasteiger partial charge on any atom is 0.452 e. The number of alkyl halides is 3. The minimum absolute atomic E-state index is 0.0430. The molecule has 190 valence electrons. The summed E-state index contributed by atoms with van der Waals surface area (Å²) >= 11 is 0. The van der Waals surface area contributed by atoms with Crippen molar-refractivity contribution in [1.82, 2.24) is 14.9 Å². The zero-order valence-electron chi connectivity index (χ0n) is 19.5. The van der Waals surface area contributed by atoms with Crippen molar-refractivity contribution in [2.24, 2.45) is 0 Å². The predicted octanol–water partition coefficient (Wildman–Crippen LogP) is 5.04. The Balaban J connectivity index is 1.41. The lowest BCUT2D eigenvalue weighted by Gasteiger charge is -2.18. The van der Waals surface area contributed by atoms with Crippen LogP contribution in [0.5, 0.6) is 0 Å². The van der Waals surface area contributed by atoms with Gasteiger partial charge in [-0.05, 0) is 44.5 Å². The third-order valence-electron chi connectivity index (χ3n) is 5.28. The van der Waals surface area contributed by atoms with E-state index in [1.165, 1.54) is 24.4 Å². The number of hydrogen-bond donors (Lipinski definition) is 2. The summed E-state index contributed by atoms with van der Waals surface area (Å²) in [6, 6.07) is 11.0. The summed E-state index contributed by atoms with van der Waals surface area (Å²) in [5, 5.41) is 5.57. The number of likely N-dealkylation sites (tertiary alicyclic amines) is 1. The van der Waals surface area contributed by atoms with Gasteiger partial charge in [0.2, 0.25) is 11.7 Å². The van der Waals surface area contributed by atoms with E-state index in [0.29, 0.717) is 30.9 Å². The monoisotopic (exact) mass is 503 g/mol. The number of nitrogens with zero attached hydrogens (tertiary/aromatic N) is 3. The zero-order chi connectivity index (χ0) is 25.9. The lowest BCUT2D eigenvalue weighted by Crippen LogP contribution is -2.33. The van der Waals surface area contributed by atoms with Gasteiger partial charge in [-0.3, -0.25) is 4.79 Å². The lowest BCUT2D eigenvalue weighted by molar-refractivity contribution is -0.153. The molecule has 2 aromatic heterocycles. The van der Waals surface area contributed by atoms with E-state index in [0.717, 1.165) is 0 Å². The SMILES string of the molecule is CC(C)OC(=O)N1CC[C@H](Nc2ccc(NC(=O)c3nc(-c4ccccc4)oc3C(F)(F)F)cn2)C1. The molecule has 2 amide bonds. The van der Waals surface area contributed by atoms with E-state index in [4.69, 9.17) is 9.15 Å². The molecular formula is C24H24F3N5O4. The van der Waals surface area contributed by atoms with E-state index in [9.17, 15) is 22.8 Å². The first-order valence-electron chi connectivity index (χ1n) is 11.2. The van der Waals surface area contributed by atoms with Crippen molar-refractivity contribution >= 4 is 23.5 Å². The van der Waals surface area contributed by atoms with Gasteiger partial charge in [-0.2, -0.15) is 13.2 Å². The lowest BCUT2D eigenvalue weighted by atomic mass is 10.2. The molecule has 2 N–H and O–H groups in total. The van der Waals surface area contributed by atoms with Gasteiger partial charge in [0.1, 0.15) is 5.82 Å². The van der Waals surface area contributed by atoms with Crippen LogP contribution >= 0.6 is 0 Å². The molecule has 0 radical (unpaired) electrons. The van der Waals surface area contributed by atoms with Crippen LogP contribution in [0, 0.1) is 0 Å². The number of amides is 2. The second-order valence-corrected chi connectivity index (χ2v) is 8.46. The highest BCUT2D eigenvalue weighted by Crippen LogP contribution is 2.35. The van der Waals surface area contributed by atoms with Gasteiger partial charge in [0.05, 0.1) is 18.0 Å². The van der Waals surface area contributed by atoms with Gasteiger partial charge in [-0.1, -0.05) is 18.2 Å². The van der Waals surface area contributed by atoms with Gasteiger partial charge in [-0.15, -0.1) is 0 Å². The number of rotatable bonds is 6. The molecule has 0 bridgehead atoms. The molecule has 0 unspecified atom stereocenters. The Hall–Kier alpha value is -4.09. The molecule has 3 heterocycles. The van der Waals surface area contributed by atoms with Gasteiger partial charge >= 0.3 is 12.3 Å². The van der Waals surface area contributed by atoms with E-state index < -0.39 is 23.5 Å². The Morgan fingerprint density at radius 2 is 1.92 bits per heavy atom. The summed E-state index contributed by atoms with van der Waals surface area (Å²) in [6.45, 7) is 4.55. The van der Waals surface area contributed by atoms with Crippen molar-refractivity contribution in [3.05, 3.63) is 60.1 Å². The van der Waals surface area contributed by atoms with Crippen LogP contribution in [-0.2, 0) is 10.9 Å². The van der Waals surface area contributed by atoms with Crippen molar-refractivity contribution in [3.8, 4) is 11.5 Å². The fourth-order valence-electron chi connectivity index (χ4n) is 3.64. The van der Waals surface area contributed by atoms with Gasteiger partial charge in [-0.25, -0.2) is 14.8 Å². The number of aromatic nitrogens is 2. The molecule has 1 fully saturated rings. The fraction of sp³-hybridized carbons (Fsp3) is 0.333. The molecule has 4 rings (SSSR count). The van der Waals surface area contributed by atoms with Crippen molar-refractivity contribution in [1.29, 1.82) is 0 Å². The summed E-state index contributed by atoms with van der Waals surface area (Å²) in [6.07, 6.45) is -3.48. The standard InChI is InChI=1S/C24H24F3N5O4/c1-14(2)35-23(34)32-11-10-17(13-32)29-18-9-8-16(12-28-18)30-21(33)19-20(24(25,26)27)36-22(31-19)15-6-4-3-5-7-15/h3-9,12,14,17H,10-11,13H2,1-2H3,(H,28,29)(H,30,33)/t17-/m0/s1. The molecule has 3 aromatic rings. The number of oxazole rings is 1. The minimum Gasteiger partial charge on any atom is -0.447 e. The molecule has 1 aromatic carbocycles. The molecule has 1 atom stereocenters. The Bertz CT molecular complexity index is 1210. The van der Waals surface area contributed by atoms with E-state index in [2.05, 4.69) is 20.6 Å². The van der Waals surface area contributed by atoms with Crippen LogP contribution in [-0.4, -0.2) is 52.1 Å². The second kappa shape index (κ2) is 10.3. The average molecular weight is 503 g/mol. The molecule has 0 spiro atoms. The smallest absolute Gasteiger partial charge is 0.447 e. The number of carbonyl (C=O) groups excluding carboxylic acids is 2. The Morgan fingerprint density at radius 3 is 2.56 bits per heavy atom. The number of anilines is 2. The Labute approximate surface area is 204 Å². The van der Waals surface area contributed by atoms with Crippen LogP contribution in [0.15, 0.2) is 53.1 Å². The molecule has 1 aliphatic rings. The summed E-state index contributed by atoms with van der Waals surface area (Å²) in [7, 11) is 0. The van der Waals surface area contributed by atoms with Crippen LogP contribution in [0.1, 0.15) is 36.5 Å². The van der Waals surface area contributed by atoms with Crippen LogP contribution in [0.3, 0.4) is 0 Å². The minimum atomic E-state index is -4.91. The van der Waals surface area contributed by atoms with Crippen LogP contribution in [0.4, 0.5) is 29.5 Å². The topological polar surface area (TPSA) is 110 Å². The van der Waals surface area contributed by atoms with Crippen LogP contribution in [0.25, 0.3) is 11.5 Å². The van der Waals surface area contributed by atoms with Crippen molar-refractivity contribution in [2.75, 3.05) is 23.7 Å². The highest BCUT2D eigenvalue weighted by atomic mass is 19.4. The summed E-state index contributed by atoms with van der Waals surface area (Å²) in [5.74, 6) is -2.38. The third-order valence-corrected chi connectivity index (χ3v) is 5.28. The van der Waals surface area contributed by atoms with Crippen molar-refractivity contribution < 1.29 is 31.9 Å². The Morgan fingerprint density at radius 1 is 1.17 bits per heavy atom. The molecule has 1 aliphatic heterocycles. The number of halogens is 3. The predicted molar refractivity (Wildman–Crippen MR) is 124 cm³/mol. The molecule has 9 nitrogen and oxygen atoms in total.